The first-order chi connectivity index (χ1) is 15.2. The number of rotatable bonds is 15. The first-order valence-electron chi connectivity index (χ1n) is 10.6. The number of nitrogens with zero attached hydrogens (tertiary/aromatic N) is 1. The lowest BCUT2D eigenvalue weighted by atomic mass is 10.0. The van der Waals surface area contributed by atoms with Crippen molar-refractivity contribution < 1.29 is 19.5 Å². The highest BCUT2D eigenvalue weighted by molar-refractivity contribution is 5.91. The number of amides is 2. The Labute approximate surface area is 188 Å². The van der Waals surface area contributed by atoms with Crippen LogP contribution in [-0.2, 0) is 20.8 Å². The zero-order chi connectivity index (χ0) is 23.9. The summed E-state index contributed by atoms with van der Waals surface area (Å²) in [6.07, 6.45) is 2.50. The number of carbonyl (C=O) groups excluding carboxylic acids is 2. The van der Waals surface area contributed by atoms with Crippen LogP contribution in [0, 0.1) is 0 Å². The molecule has 0 heterocycles. The molecule has 0 aromatic heterocycles. The fourth-order valence-electron chi connectivity index (χ4n) is 3.01. The van der Waals surface area contributed by atoms with E-state index in [1.807, 2.05) is 6.07 Å². The summed E-state index contributed by atoms with van der Waals surface area (Å²) in [6.45, 7) is 0.780. The fraction of sp³-hybridized carbons (Fsp3) is 0.524. The van der Waals surface area contributed by atoms with Crippen molar-refractivity contribution >= 4 is 23.7 Å². The van der Waals surface area contributed by atoms with Gasteiger partial charge in [0, 0.05) is 13.0 Å². The van der Waals surface area contributed by atoms with E-state index in [-0.39, 0.29) is 12.4 Å². The summed E-state index contributed by atoms with van der Waals surface area (Å²) in [6, 6.07) is 6.06. The number of carboxylic acids is 1. The topological polar surface area (TPSA) is 212 Å². The van der Waals surface area contributed by atoms with E-state index in [0.717, 1.165) is 5.56 Å². The zero-order valence-corrected chi connectivity index (χ0v) is 18.2. The summed E-state index contributed by atoms with van der Waals surface area (Å²) in [5, 5.41) is 14.7. The van der Waals surface area contributed by atoms with Gasteiger partial charge in [-0.15, -0.1) is 0 Å². The smallest absolute Gasteiger partial charge is 0.326 e. The molecule has 0 aliphatic rings. The molecule has 0 fully saturated rings. The van der Waals surface area contributed by atoms with Gasteiger partial charge in [0.15, 0.2) is 5.96 Å². The summed E-state index contributed by atoms with van der Waals surface area (Å²) in [7, 11) is 0. The van der Waals surface area contributed by atoms with Crippen LogP contribution in [0.15, 0.2) is 35.3 Å². The molecule has 11 N–H and O–H groups in total. The Morgan fingerprint density at radius 1 is 0.938 bits per heavy atom. The second-order valence-corrected chi connectivity index (χ2v) is 7.49. The third-order valence-electron chi connectivity index (χ3n) is 4.78. The number of carbonyl (C=O) groups is 3. The van der Waals surface area contributed by atoms with Crippen molar-refractivity contribution in [3.05, 3.63) is 35.9 Å². The van der Waals surface area contributed by atoms with Gasteiger partial charge in [-0.05, 0) is 44.2 Å². The Morgan fingerprint density at radius 2 is 1.59 bits per heavy atom. The molecule has 0 spiro atoms. The Kier molecular flexibility index (Phi) is 12.4. The molecule has 11 heteroatoms. The van der Waals surface area contributed by atoms with E-state index < -0.39 is 35.9 Å². The molecule has 0 aliphatic heterocycles. The highest BCUT2D eigenvalue weighted by Gasteiger charge is 2.27. The van der Waals surface area contributed by atoms with E-state index in [2.05, 4.69) is 15.6 Å². The van der Waals surface area contributed by atoms with Gasteiger partial charge in [0.1, 0.15) is 12.1 Å². The van der Waals surface area contributed by atoms with Crippen LogP contribution in [0.1, 0.15) is 37.7 Å². The van der Waals surface area contributed by atoms with Gasteiger partial charge in [0.25, 0.3) is 0 Å². The van der Waals surface area contributed by atoms with Gasteiger partial charge in [-0.3, -0.25) is 14.6 Å². The van der Waals surface area contributed by atoms with Gasteiger partial charge in [-0.25, -0.2) is 4.79 Å². The van der Waals surface area contributed by atoms with Crippen molar-refractivity contribution in [3.8, 4) is 0 Å². The maximum absolute atomic E-state index is 12.8. The summed E-state index contributed by atoms with van der Waals surface area (Å²) in [5.74, 6) is -2.28. The number of nitrogens with two attached hydrogens (primary N) is 4. The monoisotopic (exact) mass is 449 g/mol. The largest absolute Gasteiger partial charge is 0.480 e. The van der Waals surface area contributed by atoms with Crippen molar-refractivity contribution in [1.82, 2.24) is 10.6 Å². The molecule has 1 aromatic carbocycles. The highest BCUT2D eigenvalue weighted by Crippen LogP contribution is 2.07. The Hall–Kier alpha value is -3.18. The lowest BCUT2D eigenvalue weighted by molar-refractivity contribution is -0.142. The molecular formula is C21H35N7O4. The summed E-state index contributed by atoms with van der Waals surface area (Å²) in [4.78, 5) is 40.8. The second-order valence-electron chi connectivity index (χ2n) is 7.49. The van der Waals surface area contributed by atoms with Crippen LogP contribution < -0.4 is 33.6 Å². The summed E-state index contributed by atoms with van der Waals surface area (Å²) in [5.41, 5.74) is 22.7. The summed E-state index contributed by atoms with van der Waals surface area (Å²) < 4.78 is 0. The maximum Gasteiger partial charge on any atom is 0.326 e. The number of aliphatic imine (C=N–C) groups is 1. The molecule has 0 bridgehead atoms. The van der Waals surface area contributed by atoms with Gasteiger partial charge >= 0.3 is 5.97 Å². The number of benzene rings is 1. The maximum atomic E-state index is 12.8. The first-order valence-corrected chi connectivity index (χ1v) is 10.6. The predicted molar refractivity (Wildman–Crippen MR) is 122 cm³/mol. The SMILES string of the molecule is NCCCC[C@H](NC(=O)[C@@H](N)CCCN=C(N)N)C(=O)N[C@@H](Cc1ccccc1)C(=O)O. The first kappa shape index (κ1) is 26.9. The van der Waals surface area contributed by atoms with Crippen molar-refractivity contribution in [1.29, 1.82) is 0 Å². The van der Waals surface area contributed by atoms with Gasteiger partial charge in [0.2, 0.25) is 11.8 Å². The molecule has 3 atom stereocenters. The fourth-order valence-corrected chi connectivity index (χ4v) is 3.01. The van der Waals surface area contributed by atoms with Crippen LogP contribution in [0.4, 0.5) is 0 Å². The molecule has 1 rings (SSSR count). The number of aliphatic carboxylic acids is 1. The zero-order valence-electron chi connectivity index (χ0n) is 18.2. The number of guanidine groups is 1. The Bertz CT molecular complexity index is 754. The van der Waals surface area contributed by atoms with Crippen molar-refractivity contribution in [2.75, 3.05) is 13.1 Å². The molecule has 0 saturated heterocycles. The van der Waals surface area contributed by atoms with Crippen molar-refractivity contribution in [2.45, 2.75) is 56.7 Å². The molecule has 2 amide bonds. The van der Waals surface area contributed by atoms with Gasteiger partial charge < -0.3 is 38.7 Å². The van der Waals surface area contributed by atoms with Crippen LogP contribution in [0.25, 0.3) is 0 Å². The normalized spacial score (nSPS) is 13.4. The van der Waals surface area contributed by atoms with Gasteiger partial charge in [-0.2, -0.15) is 0 Å². The number of nitrogens with one attached hydrogen (secondary N) is 2. The predicted octanol–water partition coefficient (Wildman–Crippen LogP) is -1.21. The van der Waals surface area contributed by atoms with Crippen LogP contribution in [-0.4, -0.2) is 60.1 Å². The van der Waals surface area contributed by atoms with Gasteiger partial charge in [0.05, 0.1) is 6.04 Å². The Balaban J connectivity index is 2.75. The van der Waals surface area contributed by atoms with E-state index in [1.165, 1.54) is 0 Å². The molecule has 0 unspecified atom stereocenters. The molecule has 178 valence electrons. The van der Waals surface area contributed by atoms with Gasteiger partial charge in [-0.1, -0.05) is 30.3 Å². The molecule has 0 aliphatic carbocycles. The molecule has 11 nitrogen and oxygen atoms in total. The molecule has 0 radical (unpaired) electrons. The quantitative estimate of drug-likeness (QED) is 0.0978. The molecule has 1 aromatic rings. The van der Waals surface area contributed by atoms with E-state index in [0.29, 0.717) is 45.2 Å². The minimum absolute atomic E-state index is 0.0388. The number of unbranched alkanes of at least 4 members (excludes halogenated alkanes) is 1. The molecule has 32 heavy (non-hydrogen) atoms. The third-order valence-corrected chi connectivity index (χ3v) is 4.78. The Morgan fingerprint density at radius 3 is 2.19 bits per heavy atom. The summed E-state index contributed by atoms with van der Waals surface area (Å²) >= 11 is 0. The molecule has 0 saturated carbocycles. The second kappa shape index (κ2) is 14.8. The van der Waals surface area contributed by atoms with Crippen molar-refractivity contribution in [2.24, 2.45) is 27.9 Å². The van der Waals surface area contributed by atoms with Crippen molar-refractivity contribution in [3.63, 3.8) is 0 Å². The average Bonchev–Trinajstić information content (AvgIpc) is 2.75. The van der Waals surface area contributed by atoms with Crippen LogP contribution in [0.5, 0.6) is 0 Å². The van der Waals surface area contributed by atoms with E-state index in [9.17, 15) is 19.5 Å². The number of hydrogen-bond donors (Lipinski definition) is 7. The van der Waals surface area contributed by atoms with E-state index in [4.69, 9.17) is 22.9 Å². The van der Waals surface area contributed by atoms with E-state index in [1.54, 1.807) is 24.3 Å². The number of hydrogen-bond acceptors (Lipinski definition) is 6. The number of carboxylic acid groups (broad SMARTS) is 1. The minimum atomic E-state index is -1.16. The lowest BCUT2D eigenvalue weighted by Gasteiger charge is -2.23. The molecular weight excluding hydrogens is 414 g/mol. The minimum Gasteiger partial charge on any atom is -0.480 e. The third kappa shape index (κ3) is 10.7. The van der Waals surface area contributed by atoms with Crippen LogP contribution in [0.2, 0.25) is 0 Å². The average molecular weight is 450 g/mol. The van der Waals surface area contributed by atoms with E-state index >= 15 is 0 Å². The van der Waals surface area contributed by atoms with Crippen LogP contribution in [0.3, 0.4) is 0 Å². The lowest BCUT2D eigenvalue weighted by Crippen LogP contribution is -2.54. The highest BCUT2D eigenvalue weighted by atomic mass is 16.4. The van der Waals surface area contributed by atoms with Crippen LogP contribution >= 0.6 is 0 Å². The standard InChI is InChI=1S/C21H35N7O4/c22-11-5-4-10-16(27-18(29)15(23)9-6-12-26-21(24)25)19(30)28-17(20(31)32)13-14-7-2-1-3-8-14/h1-3,7-8,15-17H,4-6,9-13,22-23H2,(H,27,29)(H,28,30)(H,31,32)(H4,24,25,26)/t15-,16-,17-/m0/s1.